The Labute approximate surface area is 215 Å². The molecule has 0 radical (unpaired) electrons. The third kappa shape index (κ3) is 9.47. The predicted octanol–water partition coefficient (Wildman–Crippen LogP) is -0.405. The number of unbranched alkanes of at least 4 members (excludes halogenated alkanes) is 1. The normalized spacial score (nSPS) is 17.5. The highest BCUT2D eigenvalue weighted by atomic mass is 16.4. The van der Waals surface area contributed by atoms with E-state index in [4.69, 9.17) is 16.6 Å². The van der Waals surface area contributed by atoms with Crippen molar-refractivity contribution in [2.75, 3.05) is 13.1 Å². The van der Waals surface area contributed by atoms with Crippen molar-refractivity contribution in [1.29, 1.82) is 0 Å². The minimum Gasteiger partial charge on any atom is -0.481 e. The second kappa shape index (κ2) is 14.9. The molecule has 1 fully saturated rings. The van der Waals surface area contributed by atoms with E-state index in [1.54, 1.807) is 0 Å². The third-order valence-corrected chi connectivity index (χ3v) is 6.30. The number of carboxylic acid groups (broad SMARTS) is 2. The number of likely N-dealkylation sites (tertiary alicyclic amines) is 1. The summed E-state index contributed by atoms with van der Waals surface area (Å²) in [6, 6.07) is 5.13. The SMILES string of the molecule is NCCCCC(NC(=O)C(N)Cc1ccccc1)C(=O)N1CCCC1C(=O)NC(CCC(=O)O)C(=O)O. The van der Waals surface area contributed by atoms with E-state index in [2.05, 4.69) is 10.6 Å². The van der Waals surface area contributed by atoms with Crippen LogP contribution in [0.15, 0.2) is 30.3 Å². The first kappa shape index (κ1) is 29.7. The number of carbonyl (C=O) groups excluding carboxylic acids is 3. The molecular formula is C25H37N5O7. The Morgan fingerprint density at radius 2 is 1.70 bits per heavy atom. The van der Waals surface area contributed by atoms with E-state index in [1.807, 2.05) is 30.3 Å². The number of hydrogen-bond donors (Lipinski definition) is 6. The van der Waals surface area contributed by atoms with Crippen molar-refractivity contribution in [2.24, 2.45) is 11.5 Å². The second-order valence-corrected chi connectivity index (χ2v) is 9.16. The number of rotatable bonds is 15. The summed E-state index contributed by atoms with van der Waals surface area (Å²) in [5.41, 5.74) is 12.6. The molecule has 2 rings (SSSR count). The maximum absolute atomic E-state index is 13.5. The molecule has 1 saturated heterocycles. The number of nitrogens with two attached hydrogens (primary N) is 2. The first-order chi connectivity index (χ1) is 17.6. The lowest BCUT2D eigenvalue weighted by molar-refractivity contribution is -0.145. The van der Waals surface area contributed by atoms with E-state index in [0.717, 1.165) is 5.56 Å². The maximum Gasteiger partial charge on any atom is 0.326 e. The van der Waals surface area contributed by atoms with Gasteiger partial charge in [0.15, 0.2) is 0 Å². The minimum absolute atomic E-state index is 0.267. The van der Waals surface area contributed by atoms with Crippen molar-refractivity contribution in [3.63, 3.8) is 0 Å². The molecule has 0 bridgehead atoms. The van der Waals surface area contributed by atoms with Crippen LogP contribution in [0.3, 0.4) is 0 Å². The summed E-state index contributed by atoms with van der Waals surface area (Å²) in [6.07, 6.45) is 1.94. The Morgan fingerprint density at radius 3 is 2.32 bits per heavy atom. The molecule has 1 aliphatic heterocycles. The van der Waals surface area contributed by atoms with Crippen molar-refractivity contribution in [2.45, 2.75) is 75.5 Å². The summed E-state index contributed by atoms with van der Waals surface area (Å²) < 4.78 is 0. The van der Waals surface area contributed by atoms with Gasteiger partial charge in [-0.25, -0.2) is 4.79 Å². The lowest BCUT2D eigenvalue weighted by Gasteiger charge is -2.30. The van der Waals surface area contributed by atoms with Gasteiger partial charge in [-0.05, 0) is 57.1 Å². The number of nitrogens with zero attached hydrogens (tertiary/aromatic N) is 1. The largest absolute Gasteiger partial charge is 0.481 e. The second-order valence-electron chi connectivity index (χ2n) is 9.16. The summed E-state index contributed by atoms with van der Waals surface area (Å²) in [5, 5.41) is 23.3. The van der Waals surface area contributed by atoms with Crippen LogP contribution in [-0.2, 0) is 30.4 Å². The number of amides is 3. The molecule has 1 aliphatic rings. The molecule has 4 unspecified atom stereocenters. The number of carbonyl (C=O) groups is 5. The van der Waals surface area contributed by atoms with E-state index in [-0.39, 0.29) is 19.4 Å². The van der Waals surface area contributed by atoms with Gasteiger partial charge < -0.3 is 37.2 Å². The van der Waals surface area contributed by atoms with Gasteiger partial charge in [0, 0.05) is 13.0 Å². The van der Waals surface area contributed by atoms with E-state index in [9.17, 15) is 29.1 Å². The summed E-state index contributed by atoms with van der Waals surface area (Å²) in [5.74, 6) is -4.15. The van der Waals surface area contributed by atoms with Gasteiger partial charge in [-0.2, -0.15) is 0 Å². The average Bonchev–Trinajstić information content (AvgIpc) is 3.36. The molecule has 8 N–H and O–H groups in total. The fraction of sp³-hybridized carbons (Fsp3) is 0.560. The van der Waals surface area contributed by atoms with Gasteiger partial charge in [0.1, 0.15) is 18.1 Å². The van der Waals surface area contributed by atoms with Gasteiger partial charge in [0.05, 0.1) is 6.04 Å². The van der Waals surface area contributed by atoms with Crippen LogP contribution < -0.4 is 22.1 Å². The Bertz CT molecular complexity index is 943. The maximum atomic E-state index is 13.5. The molecule has 37 heavy (non-hydrogen) atoms. The lowest BCUT2D eigenvalue weighted by Crippen LogP contribution is -2.57. The number of benzene rings is 1. The summed E-state index contributed by atoms with van der Waals surface area (Å²) in [6.45, 7) is 0.688. The number of aliphatic carboxylic acids is 2. The molecular weight excluding hydrogens is 482 g/mol. The van der Waals surface area contributed by atoms with Crippen LogP contribution in [0.4, 0.5) is 0 Å². The molecule has 12 nitrogen and oxygen atoms in total. The molecule has 0 aliphatic carbocycles. The molecule has 0 saturated carbocycles. The number of carboxylic acids is 2. The fourth-order valence-corrected chi connectivity index (χ4v) is 4.29. The van der Waals surface area contributed by atoms with Crippen LogP contribution in [0, 0.1) is 0 Å². The van der Waals surface area contributed by atoms with Crippen LogP contribution in [0.5, 0.6) is 0 Å². The number of hydrogen-bond acceptors (Lipinski definition) is 7. The van der Waals surface area contributed by atoms with Gasteiger partial charge in [0.25, 0.3) is 0 Å². The summed E-state index contributed by atoms with van der Waals surface area (Å²) >= 11 is 0. The zero-order valence-corrected chi connectivity index (χ0v) is 20.8. The Balaban J connectivity index is 2.09. The van der Waals surface area contributed by atoms with Gasteiger partial charge in [-0.1, -0.05) is 30.3 Å². The number of nitrogens with one attached hydrogen (secondary N) is 2. The molecule has 0 spiro atoms. The minimum atomic E-state index is -1.39. The van der Waals surface area contributed by atoms with Crippen LogP contribution in [-0.4, -0.2) is 82.0 Å². The summed E-state index contributed by atoms with van der Waals surface area (Å²) in [4.78, 5) is 62.9. The van der Waals surface area contributed by atoms with E-state index >= 15 is 0 Å². The molecule has 3 amide bonds. The topological polar surface area (TPSA) is 205 Å². The van der Waals surface area contributed by atoms with E-state index in [0.29, 0.717) is 38.6 Å². The van der Waals surface area contributed by atoms with Gasteiger partial charge in [-0.3, -0.25) is 19.2 Å². The lowest BCUT2D eigenvalue weighted by atomic mass is 10.0. The van der Waals surface area contributed by atoms with E-state index in [1.165, 1.54) is 4.90 Å². The Hall–Kier alpha value is -3.51. The monoisotopic (exact) mass is 519 g/mol. The predicted molar refractivity (Wildman–Crippen MR) is 134 cm³/mol. The van der Waals surface area contributed by atoms with Gasteiger partial charge in [-0.15, -0.1) is 0 Å². The van der Waals surface area contributed by atoms with Crippen LogP contribution in [0.2, 0.25) is 0 Å². The quantitative estimate of drug-likeness (QED) is 0.166. The molecule has 204 valence electrons. The van der Waals surface area contributed by atoms with Gasteiger partial charge in [0.2, 0.25) is 17.7 Å². The van der Waals surface area contributed by atoms with Crippen molar-refractivity contribution in [3.8, 4) is 0 Å². The van der Waals surface area contributed by atoms with Crippen molar-refractivity contribution in [1.82, 2.24) is 15.5 Å². The smallest absolute Gasteiger partial charge is 0.326 e. The van der Waals surface area contributed by atoms with Gasteiger partial charge >= 0.3 is 11.9 Å². The van der Waals surface area contributed by atoms with Crippen molar-refractivity contribution < 1.29 is 34.2 Å². The van der Waals surface area contributed by atoms with Crippen LogP contribution in [0.25, 0.3) is 0 Å². The molecule has 1 aromatic rings. The fourth-order valence-electron chi connectivity index (χ4n) is 4.29. The highest BCUT2D eigenvalue weighted by Crippen LogP contribution is 2.20. The first-order valence-electron chi connectivity index (χ1n) is 12.5. The highest BCUT2D eigenvalue weighted by molar-refractivity contribution is 5.94. The van der Waals surface area contributed by atoms with Crippen molar-refractivity contribution in [3.05, 3.63) is 35.9 Å². The van der Waals surface area contributed by atoms with Crippen molar-refractivity contribution >= 4 is 29.7 Å². The molecule has 1 heterocycles. The highest BCUT2D eigenvalue weighted by Gasteiger charge is 2.39. The molecule has 0 aromatic heterocycles. The molecule has 4 atom stereocenters. The zero-order valence-electron chi connectivity index (χ0n) is 20.8. The first-order valence-corrected chi connectivity index (χ1v) is 12.5. The molecule has 1 aromatic carbocycles. The standard InChI is InChI=1S/C25H37N5O7/c26-13-5-4-9-18(28-22(33)17(27)15-16-7-2-1-3-8-16)24(35)30-14-6-10-20(30)23(34)29-19(25(36)37)11-12-21(31)32/h1-3,7-8,17-20H,4-6,9-15,26-27H2,(H,28,33)(H,29,34)(H,31,32)(H,36,37). The van der Waals surface area contributed by atoms with Crippen LogP contribution >= 0.6 is 0 Å². The Kier molecular flexibility index (Phi) is 12.0. The average molecular weight is 520 g/mol. The summed E-state index contributed by atoms with van der Waals surface area (Å²) in [7, 11) is 0. The Morgan fingerprint density at radius 1 is 1.00 bits per heavy atom. The van der Waals surface area contributed by atoms with Crippen LogP contribution in [0.1, 0.15) is 50.5 Å². The third-order valence-electron chi connectivity index (χ3n) is 6.30. The molecule has 12 heteroatoms. The zero-order chi connectivity index (χ0) is 27.4. The van der Waals surface area contributed by atoms with E-state index < -0.39 is 60.2 Å².